The van der Waals surface area contributed by atoms with Gasteiger partial charge in [-0.3, -0.25) is 4.79 Å². The number of aromatic nitrogens is 1. The summed E-state index contributed by atoms with van der Waals surface area (Å²) < 4.78 is 0. The Morgan fingerprint density at radius 2 is 2.29 bits per heavy atom. The van der Waals surface area contributed by atoms with E-state index in [1.165, 1.54) is 0 Å². The summed E-state index contributed by atoms with van der Waals surface area (Å²) in [5, 5.41) is 3.08. The summed E-state index contributed by atoms with van der Waals surface area (Å²) in [6.07, 6.45) is 3.16. The molecule has 0 aliphatic heterocycles. The van der Waals surface area contributed by atoms with Crippen molar-refractivity contribution in [2.24, 2.45) is 0 Å². The van der Waals surface area contributed by atoms with E-state index in [4.69, 9.17) is 0 Å². The fourth-order valence-corrected chi connectivity index (χ4v) is 1.30. The highest BCUT2D eigenvalue weighted by molar-refractivity contribution is 6.00. The second-order valence-corrected chi connectivity index (χ2v) is 3.10. The molecule has 1 rings (SSSR count). The van der Waals surface area contributed by atoms with Gasteiger partial charge in [-0.1, -0.05) is 6.92 Å². The predicted molar refractivity (Wildman–Crippen MR) is 57.6 cm³/mol. The van der Waals surface area contributed by atoms with Crippen molar-refractivity contribution < 1.29 is 4.79 Å². The SMILES string of the molecule is CCCC(=O)c1cccnc1NCC. The van der Waals surface area contributed by atoms with Crippen LogP contribution in [0.25, 0.3) is 0 Å². The Balaban J connectivity index is 2.88. The van der Waals surface area contributed by atoms with Crippen molar-refractivity contribution in [1.29, 1.82) is 0 Å². The summed E-state index contributed by atoms with van der Waals surface area (Å²) in [6.45, 7) is 4.77. The number of hydrogen-bond acceptors (Lipinski definition) is 3. The molecule has 14 heavy (non-hydrogen) atoms. The van der Waals surface area contributed by atoms with Crippen LogP contribution in [0.2, 0.25) is 0 Å². The number of hydrogen-bond donors (Lipinski definition) is 1. The normalized spacial score (nSPS) is 9.86. The quantitative estimate of drug-likeness (QED) is 0.729. The zero-order valence-electron chi connectivity index (χ0n) is 8.71. The highest BCUT2D eigenvalue weighted by atomic mass is 16.1. The number of ketones is 1. The molecule has 1 N–H and O–H groups in total. The lowest BCUT2D eigenvalue weighted by Gasteiger charge is -2.07. The molecule has 3 nitrogen and oxygen atoms in total. The maximum Gasteiger partial charge on any atom is 0.166 e. The Labute approximate surface area is 84.6 Å². The van der Waals surface area contributed by atoms with E-state index in [0.29, 0.717) is 17.8 Å². The Bertz CT molecular complexity index is 310. The maximum atomic E-state index is 11.7. The van der Waals surface area contributed by atoms with E-state index in [9.17, 15) is 4.79 Å². The number of carbonyl (C=O) groups excluding carboxylic acids is 1. The predicted octanol–water partition coefficient (Wildman–Crippen LogP) is 2.50. The van der Waals surface area contributed by atoms with Crippen LogP contribution in [0, 0.1) is 0 Å². The van der Waals surface area contributed by atoms with Gasteiger partial charge in [0.05, 0.1) is 5.56 Å². The van der Waals surface area contributed by atoms with Crippen molar-refractivity contribution in [1.82, 2.24) is 4.98 Å². The molecule has 0 bridgehead atoms. The first kappa shape index (κ1) is 10.7. The second-order valence-electron chi connectivity index (χ2n) is 3.10. The van der Waals surface area contributed by atoms with Gasteiger partial charge < -0.3 is 5.32 Å². The average Bonchev–Trinajstić information content (AvgIpc) is 2.19. The summed E-state index contributed by atoms with van der Waals surface area (Å²) >= 11 is 0. The number of nitrogens with one attached hydrogen (secondary N) is 1. The van der Waals surface area contributed by atoms with Gasteiger partial charge in [-0.25, -0.2) is 4.98 Å². The summed E-state index contributed by atoms with van der Waals surface area (Å²) in [4.78, 5) is 15.8. The van der Waals surface area contributed by atoms with Gasteiger partial charge in [0, 0.05) is 19.2 Å². The Morgan fingerprint density at radius 1 is 1.50 bits per heavy atom. The van der Waals surface area contributed by atoms with E-state index in [1.54, 1.807) is 12.3 Å². The van der Waals surface area contributed by atoms with Crippen LogP contribution in [0.5, 0.6) is 0 Å². The number of rotatable bonds is 5. The number of pyridine rings is 1. The summed E-state index contributed by atoms with van der Waals surface area (Å²) in [5.41, 5.74) is 0.705. The molecule has 0 spiro atoms. The molecule has 3 heteroatoms. The highest BCUT2D eigenvalue weighted by Gasteiger charge is 2.09. The van der Waals surface area contributed by atoms with E-state index >= 15 is 0 Å². The van der Waals surface area contributed by atoms with Crippen molar-refractivity contribution in [3.63, 3.8) is 0 Å². The van der Waals surface area contributed by atoms with Gasteiger partial charge >= 0.3 is 0 Å². The molecular weight excluding hydrogens is 176 g/mol. The Morgan fingerprint density at radius 3 is 2.93 bits per heavy atom. The van der Waals surface area contributed by atoms with Crippen molar-refractivity contribution >= 4 is 11.6 Å². The number of Topliss-reactive ketones (excluding diaryl/α,β-unsaturated/α-hetero) is 1. The largest absolute Gasteiger partial charge is 0.370 e. The van der Waals surface area contributed by atoms with E-state index in [-0.39, 0.29) is 5.78 Å². The molecular formula is C11H16N2O. The lowest BCUT2D eigenvalue weighted by Crippen LogP contribution is -2.07. The van der Waals surface area contributed by atoms with Crippen LogP contribution >= 0.6 is 0 Å². The molecule has 76 valence electrons. The van der Waals surface area contributed by atoms with Gasteiger partial charge in [-0.15, -0.1) is 0 Å². The first-order valence-corrected chi connectivity index (χ1v) is 5.01. The zero-order chi connectivity index (χ0) is 10.4. The van der Waals surface area contributed by atoms with Gasteiger partial charge in [0.1, 0.15) is 5.82 Å². The molecule has 0 aliphatic carbocycles. The number of anilines is 1. The molecule has 0 aromatic carbocycles. The van der Waals surface area contributed by atoms with E-state index < -0.39 is 0 Å². The molecule has 0 saturated carbocycles. The molecule has 0 atom stereocenters. The molecule has 1 aromatic heterocycles. The minimum Gasteiger partial charge on any atom is -0.370 e. The first-order chi connectivity index (χ1) is 6.79. The molecule has 1 aromatic rings. The highest BCUT2D eigenvalue weighted by Crippen LogP contribution is 2.14. The molecule has 1 heterocycles. The average molecular weight is 192 g/mol. The van der Waals surface area contributed by atoms with Crippen LogP contribution in [0.4, 0.5) is 5.82 Å². The van der Waals surface area contributed by atoms with Crippen molar-refractivity contribution in [3.8, 4) is 0 Å². The fourth-order valence-electron chi connectivity index (χ4n) is 1.30. The third-order valence-electron chi connectivity index (χ3n) is 1.93. The monoisotopic (exact) mass is 192 g/mol. The molecule has 0 radical (unpaired) electrons. The Hall–Kier alpha value is -1.38. The summed E-state index contributed by atoms with van der Waals surface area (Å²) in [7, 11) is 0. The second kappa shape index (κ2) is 5.37. The number of carbonyl (C=O) groups is 1. The smallest absolute Gasteiger partial charge is 0.166 e. The van der Waals surface area contributed by atoms with Crippen LogP contribution in [-0.4, -0.2) is 17.3 Å². The Kier molecular flexibility index (Phi) is 4.11. The standard InChI is InChI=1S/C11H16N2O/c1-3-6-10(14)9-7-5-8-13-11(9)12-4-2/h5,7-8H,3-4,6H2,1-2H3,(H,12,13). The molecule has 0 saturated heterocycles. The molecule has 0 unspecified atom stereocenters. The van der Waals surface area contributed by atoms with Gasteiger partial charge in [0.25, 0.3) is 0 Å². The molecule has 0 fully saturated rings. The minimum absolute atomic E-state index is 0.163. The van der Waals surface area contributed by atoms with E-state index in [1.807, 2.05) is 19.9 Å². The third kappa shape index (κ3) is 2.55. The van der Waals surface area contributed by atoms with Crippen LogP contribution in [0.15, 0.2) is 18.3 Å². The lowest BCUT2D eigenvalue weighted by atomic mass is 10.1. The lowest BCUT2D eigenvalue weighted by molar-refractivity contribution is 0.0982. The molecule has 0 amide bonds. The third-order valence-corrected chi connectivity index (χ3v) is 1.93. The van der Waals surface area contributed by atoms with Gasteiger partial charge in [-0.2, -0.15) is 0 Å². The van der Waals surface area contributed by atoms with Crippen LogP contribution in [0.3, 0.4) is 0 Å². The van der Waals surface area contributed by atoms with E-state index in [0.717, 1.165) is 13.0 Å². The van der Waals surface area contributed by atoms with Gasteiger partial charge in [-0.05, 0) is 25.5 Å². The fraction of sp³-hybridized carbons (Fsp3) is 0.455. The van der Waals surface area contributed by atoms with Crippen LogP contribution < -0.4 is 5.32 Å². The van der Waals surface area contributed by atoms with Crippen LogP contribution in [0.1, 0.15) is 37.0 Å². The topological polar surface area (TPSA) is 42.0 Å². The van der Waals surface area contributed by atoms with Crippen molar-refractivity contribution in [2.75, 3.05) is 11.9 Å². The van der Waals surface area contributed by atoms with Gasteiger partial charge in [0.15, 0.2) is 5.78 Å². The maximum absolute atomic E-state index is 11.7. The summed E-state index contributed by atoms with van der Waals surface area (Å²) in [5.74, 6) is 0.866. The van der Waals surface area contributed by atoms with Crippen molar-refractivity contribution in [2.45, 2.75) is 26.7 Å². The first-order valence-electron chi connectivity index (χ1n) is 5.01. The zero-order valence-corrected chi connectivity index (χ0v) is 8.71. The minimum atomic E-state index is 0.163. The number of nitrogens with zero attached hydrogens (tertiary/aromatic N) is 1. The van der Waals surface area contributed by atoms with E-state index in [2.05, 4.69) is 10.3 Å². The summed E-state index contributed by atoms with van der Waals surface area (Å²) in [6, 6.07) is 3.62. The van der Waals surface area contributed by atoms with Crippen LogP contribution in [-0.2, 0) is 0 Å². The van der Waals surface area contributed by atoms with Gasteiger partial charge in [0.2, 0.25) is 0 Å². The molecule has 0 aliphatic rings. The van der Waals surface area contributed by atoms with Crippen molar-refractivity contribution in [3.05, 3.63) is 23.9 Å².